The zero-order valence-corrected chi connectivity index (χ0v) is 13.7. The van der Waals surface area contributed by atoms with Gasteiger partial charge in [-0.2, -0.15) is 5.10 Å². The Morgan fingerprint density at radius 2 is 2.10 bits per heavy atom. The van der Waals surface area contributed by atoms with Gasteiger partial charge >= 0.3 is 0 Å². The van der Waals surface area contributed by atoms with Crippen LogP contribution in [0.4, 0.5) is 0 Å². The Morgan fingerprint density at radius 3 is 2.67 bits per heavy atom. The number of piperidine rings is 1. The first-order valence-electron chi connectivity index (χ1n) is 8.14. The maximum atomic E-state index is 12.4. The molecule has 2 rings (SSSR count). The molecule has 0 radical (unpaired) electrons. The summed E-state index contributed by atoms with van der Waals surface area (Å²) in [5.41, 5.74) is 1.68. The summed E-state index contributed by atoms with van der Waals surface area (Å²) in [7, 11) is 0. The van der Waals surface area contributed by atoms with Crippen LogP contribution in [0.3, 0.4) is 0 Å². The predicted octanol–water partition coefficient (Wildman–Crippen LogP) is 2.38. The van der Waals surface area contributed by atoms with Crippen molar-refractivity contribution in [3.05, 3.63) is 17.5 Å². The number of hydrogen-bond acceptors (Lipinski definition) is 3. The Morgan fingerprint density at radius 1 is 1.43 bits per heavy atom. The largest absolute Gasteiger partial charge is 0.349 e. The van der Waals surface area contributed by atoms with E-state index in [2.05, 4.69) is 36.1 Å². The van der Waals surface area contributed by atoms with Gasteiger partial charge in [0.25, 0.3) is 5.91 Å². The van der Waals surface area contributed by atoms with E-state index in [4.69, 9.17) is 0 Å². The number of nitrogens with zero attached hydrogens (tertiary/aromatic N) is 3. The summed E-state index contributed by atoms with van der Waals surface area (Å²) in [4.78, 5) is 14.9. The van der Waals surface area contributed by atoms with Gasteiger partial charge in [0, 0.05) is 30.9 Å². The van der Waals surface area contributed by atoms with E-state index in [0.29, 0.717) is 17.6 Å². The highest BCUT2D eigenvalue weighted by Crippen LogP contribution is 2.17. The second-order valence-electron chi connectivity index (χ2n) is 6.03. The van der Waals surface area contributed by atoms with Crippen LogP contribution in [-0.2, 0) is 0 Å². The summed E-state index contributed by atoms with van der Waals surface area (Å²) in [5.74, 6) is 0.0250. The van der Waals surface area contributed by atoms with Crippen LogP contribution < -0.4 is 5.32 Å². The van der Waals surface area contributed by atoms with Gasteiger partial charge in [-0.15, -0.1) is 0 Å². The average molecular weight is 292 g/mol. The number of carbonyl (C=O) groups is 1. The third kappa shape index (κ3) is 3.64. The van der Waals surface area contributed by atoms with Crippen LogP contribution in [0.2, 0.25) is 0 Å². The van der Waals surface area contributed by atoms with Crippen LogP contribution in [0, 0.1) is 6.92 Å². The molecular formula is C16H28N4O. The number of carbonyl (C=O) groups excluding carboxylic acids is 1. The molecule has 1 aliphatic rings. The molecule has 118 valence electrons. The fraction of sp³-hybridized carbons (Fsp3) is 0.750. The van der Waals surface area contributed by atoms with E-state index in [1.165, 1.54) is 0 Å². The van der Waals surface area contributed by atoms with Crippen molar-refractivity contribution < 1.29 is 4.79 Å². The normalized spacial score (nSPS) is 18.7. The van der Waals surface area contributed by atoms with Gasteiger partial charge < -0.3 is 10.2 Å². The highest BCUT2D eigenvalue weighted by atomic mass is 16.1. The molecule has 0 unspecified atom stereocenters. The topological polar surface area (TPSA) is 50.2 Å². The monoisotopic (exact) mass is 292 g/mol. The minimum Gasteiger partial charge on any atom is -0.349 e. The Kier molecular flexibility index (Phi) is 5.39. The fourth-order valence-corrected chi connectivity index (χ4v) is 2.92. The Bertz CT molecular complexity index is 475. The summed E-state index contributed by atoms with van der Waals surface area (Å²) in [6.07, 6.45) is 4.80. The standard InChI is InChI=1S/C16H28N4O/c1-5-12(3)20-13(4)15(11-17-20)16(21)18-14-7-9-19(6-2)10-8-14/h11-12,14H,5-10H2,1-4H3,(H,18,21)/t12-/m1/s1. The molecule has 0 spiro atoms. The predicted molar refractivity (Wildman–Crippen MR) is 84.6 cm³/mol. The van der Waals surface area contributed by atoms with E-state index < -0.39 is 0 Å². The second kappa shape index (κ2) is 7.07. The maximum Gasteiger partial charge on any atom is 0.254 e. The molecule has 0 bridgehead atoms. The SMILES string of the molecule is CC[C@@H](C)n1ncc(C(=O)NC2CCN(CC)CC2)c1C. The number of amides is 1. The van der Waals surface area contributed by atoms with Crippen LogP contribution in [0.15, 0.2) is 6.20 Å². The average Bonchev–Trinajstić information content (AvgIpc) is 2.89. The number of hydrogen-bond donors (Lipinski definition) is 1. The van der Waals surface area contributed by atoms with Gasteiger partial charge in [-0.3, -0.25) is 9.48 Å². The third-order valence-electron chi connectivity index (χ3n) is 4.67. The lowest BCUT2D eigenvalue weighted by molar-refractivity contribution is 0.0912. The minimum absolute atomic E-state index is 0.0250. The highest BCUT2D eigenvalue weighted by molar-refractivity contribution is 5.95. The van der Waals surface area contributed by atoms with Crippen molar-refractivity contribution in [3.63, 3.8) is 0 Å². The maximum absolute atomic E-state index is 12.4. The van der Waals surface area contributed by atoms with Crippen LogP contribution in [-0.4, -0.2) is 46.3 Å². The summed E-state index contributed by atoms with van der Waals surface area (Å²) < 4.78 is 1.95. The molecule has 1 saturated heterocycles. The molecule has 0 saturated carbocycles. The first-order chi connectivity index (χ1) is 10.1. The van der Waals surface area contributed by atoms with Gasteiger partial charge in [0.1, 0.15) is 0 Å². The quantitative estimate of drug-likeness (QED) is 0.906. The lowest BCUT2D eigenvalue weighted by Crippen LogP contribution is -2.44. The lowest BCUT2D eigenvalue weighted by Gasteiger charge is -2.31. The molecule has 1 aliphatic heterocycles. The highest BCUT2D eigenvalue weighted by Gasteiger charge is 2.22. The molecule has 5 nitrogen and oxygen atoms in total. The molecule has 1 aromatic heterocycles. The number of nitrogens with one attached hydrogen (secondary N) is 1. The fourth-order valence-electron chi connectivity index (χ4n) is 2.92. The van der Waals surface area contributed by atoms with Gasteiger partial charge in [0.15, 0.2) is 0 Å². The Hall–Kier alpha value is -1.36. The van der Waals surface area contributed by atoms with Crippen molar-refractivity contribution in [1.29, 1.82) is 0 Å². The van der Waals surface area contributed by atoms with E-state index in [1.54, 1.807) is 6.20 Å². The molecule has 0 aliphatic carbocycles. The van der Waals surface area contributed by atoms with Crippen molar-refractivity contribution in [2.24, 2.45) is 0 Å². The third-order valence-corrected chi connectivity index (χ3v) is 4.67. The molecule has 1 aromatic rings. The summed E-state index contributed by atoms with van der Waals surface area (Å²) >= 11 is 0. The molecule has 2 heterocycles. The van der Waals surface area contributed by atoms with E-state index in [-0.39, 0.29) is 5.91 Å². The van der Waals surface area contributed by atoms with E-state index >= 15 is 0 Å². The van der Waals surface area contributed by atoms with Crippen LogP contribution >= 0.6 is 0 Å². The molecule has 21 heavy (non-hydrogen) atoms. The molecule has 1 amide bonds. The Balaban J connectivity index is 1.96. The summed E-state index contributed by atoms with van der Waals surface area (Å²) in [6, 6.07) is 0.631. The van der Waals surface area contributed by atoms with Crippen molar-refractivity contribution in [3.8, 4) is 0 Å². The zero-order valence-electron chi connectivity index (χ0n) is 13.7. The van der Waals surface area contributed by atoms with Gasteiger partial charge in [-0.25, -0.2) is 0 Å². The zero-order chi connectivity index (χ0) is 15.4. The van der Waals surface area contributed by atoms with Gasteiger partial charge in [-0.05, 0) is 39.7 Å². The first-order valence-corrected chi connectivity index (χ1v) is 8.14. The molecule has 1 atom stereocenters. The molecule has 1 N–H and O–H groups in total. The van der Waals surface area contributed by atoms with E-state index in [0.717, 1.165) is 44.6 Å². The lowest BCUT2D eigenvalue weighted by atomic mass is 10.0. The summed E-state index contributed by atoms with van der Waals surface area (Å²) in [5, 5.41) is 7.55. The number of aromatic nitrogens is 2. The number of rotatable bonds is 5. The summed E-state index contributed by atoms with van der Waals surface area (Å²) in [6.45, 7) is 11.7. The molecule has 1 fully saturated rings. The van der Waals surface area contributed by atoms with E-state index in [9.17, 15) is 4.79 Å². The van der Waals surface area contributed by atoms with E-state index in [1.807, 2.05) is 11.6 Å². The van der Waals surface area contributed by atoms with Gasteiger partial charge in [0.05, 0.1) is 11.8 Å². The second-order valence-corrected chi connectivity index (χ2v) is 6.03. The van der Waals surface area contributed by atoms with Crippen molar-refractivity contribution >= 4 is 5.91 Å². The van der Waals surface area contributed by atoms with Gasteiger partial charge in [-0.1, -0.05) is 13.8 Å². The van der Waals surface area contributed by atoms with Crippen LogP contribution in [0.5, 0.6) is 0 Å². The van der Waals surface area contributed by atoms with Crippen LogP contribution in [0.1, 0.15) is 62.1 Å². The minimum atomic E-state index is 0.0250. The van der Waals surface area contributed by atoms with Crippen molar-refractivity contribution in [2.75, 3.05) is 19.6 Å². The number of likely N-dealkylation sites (tertiary alicyclic amines) is 1. The van der Waals surface area contributed by atoms with Crippen molar-refractivity contribution in [1.82, 2.24) is 20.0 Å². The smallest absolute Gasteiger partial charge is 0.254 e. The Labute approximate surface area is 127 Å². The van der Waals surface area contributed by atoms with Crippen molar-refractivity contribution in [2.45, 2.75) is 59.0 Å². The van der Waals surface area contributed by atoms with Crippen LogP contribution in [0.25, 0.3) is 0 Å². The molecular weight excluding hydrogens is 264 g/mol. The van der Waals surface area contributed by atoms with Gasteiger partial charge in [0.2, 0.25) is 0 Å². The molecule has 5 heteroatoms. The molecule has 0 aromatic carbocycles. The first kappa shape index (κ1) is 16.0.